The summed E-state index contributed by atoms with van der Waals surface area (Å²) in [7, 11) is -1.55. The fourth-order valence-electron chi connectivity index (χ4n) is 1.14. The van der Waals surface area contributed by atoms with Gasteiger partial charge in [-0.05, 0) is 6.92 Å². The van der Waals surface area contributed by atoms with Crippen LogP contribution in [0.3, 0.4) is 0 Å². The lowest BCUT2D eigenvalue weighted by atomic mass is 9.83. The van der Waals surface area contributed by atoms with Crippen molar-refractivity contribution >= 4 is 24.3 Å². The van der Waals surface area contributed by atoms with Gasteiger partial charge in [-0.25, -0.2) is 15.0 Å². The first kappa shape index (κ1) is 10.6. The summed E-state index contributed by atoms with van der Waals surface area (Å²) in [6.07, 6.45) is 4.29. The van der Waals surface area contributed by atoms with Crippen LogP contribution in [0.4, 0.5) is 11.8 Å². The van der Waals surface area contributed by atoms with Gasteiger partial charge in [-0.1, -0.05) is 0 Å². The van der Waals surface area contributed by atoms with E-state index in [0.29, 0.717) is 11.8 Å². The van der Waals surface area contributed by atoms with E-state index in [-0.39, 0.29) is 5.46 Å². The van der Waals surface area contributed by atoms with E-state index >= 15 is 0 Å². The van der Waals surface area contributed by atoms with Gasteiger partial charge in [0, 0.05) is 17.9 Å². The third-order valence-corrected chi connectivity index (χ3v) is 1.92. The van der Waals surface area contributed by atoms with Crippen LogP contribution in [0.5, 0.6) is 0 Å². The number of nitrogens with zero attached hydrogens (tertiary/aromatic N) is 3. The van der Waals surface area contributed by atoms with Crippen molar-refractivity contribution < 1.29 is 10.0 Å². The van der Waals surface area contributed by atoms with E-state index in [1.54, 1.807) is 6.20 Å². The summed E-state index contributed by atoms with van der Waals surface area (Å²) in [5.74, 6) is 1.81. The van der Waals surface area contributed by atoms with Gasteiger partial charge in [0.1, 0.15) is 11.6 Å². The number of anilines is 2. The molecule has 0 radical (unpaired) electrons. The highest BCUT2D eigenvalue weighted by atomic mass is 16.4. The SMILES string of the molecule is Cc1ncc(Nc2ncc(B(O)O)cn2)[nH]1. The summed E-state index contributed by atoms with van der Waals surface area (Å²) in [5.41, 5.74) is 0.242. The highest BCUT2D eigenvalue weighted by Gasteiger charge is 2.11. The predicted octanol–water partition coefficient (Wildman–Crippen LogP) is -1.07. The number of rotatable bonds is 3. The second-order valence-electron chi connectivity index (χ2n) is 3.22. The van der Waals surface area contributed by atoms with E-state index in [2.05, 4.69) is 25.3 Å². The molecule has 0 aromatic carbocycles. The van der Waals surface area contributed by atoms with E-state index in [1.165, 1.54) is 12.4 Å². The molecule has 0 amide bonds. The Bertz CT molecular complexity index is 470. The van der Waals surface area contributed by atoms with Crippen LogP contribution in [0.25, 0.3) is 0 Å². The molecule has 2 aromatic rings. The quantitative estimate of drug-likeness (QED) is 0.489. The number of aromatic amines is 1. The minimum absolute atomic E-state index is 0.242. The Morgan fingerprint density at radius 3 is 2.38 bits per heavy atom. The van der Waals surface area contributed by atoms with Gasteiger partial charge in [0.15, 0.2) is 0 Å². The summed E-state index contributed by atoms with van der Waals surface area (Å²) in [6.45, 7) is 1.83. The van der Waals surface area contributed by atoms with Crippen molar-refractivity contribution in [2.45, 2.75) is 6.92 Å². The summed E-state index contributed by atoms with van der Waals surface area (Å²) in [6, 6.07) is 0. The number of H-pyrrole nitrogens is 1. The van der Waals surface area contributed by atoms with E-state index in [9.17, 15) is 0 Å². The van der Waals surface area contributed by atoms with E-state index < -0.39 is 7.12 Å². The predicted molar refractivity (Wildman–Crippen MR) is 58.5 cm³/mol. The van der Waals surface area contributed by atoms with E-state index in [4.69, 9.17) is 10.0 Å². The Morgan fingerprint density at radius 1 is 1.19 bits per heavy atom. The third kappa shape index (κ3) is 2.36. The highest BCUT2D eigenvalue weighted by Crippen LogP contribution is 2.07. The average Bonchev–Trinajstić information content (AvgIpc) is 2.65. The molecule has 82 valence electrons. The normalized spacial score (nSPS) is 10.2. The van der Waals surface area contributed by atoms with Crippen LogP contribution in [-0.2, 0) is 0 Å². The molecular weight excluding hydrogens is 209 g/mol. The molecule has 0 bridgehead atoms. The molecule has 0 atom stereocenters. The molecule has 0 fully saturated rings. The Morgan fingerprint density at radius 2 is 1.88 bits per heavy atom. The summed E-state index contributed by atoms with van der Waals surface area (Å²) < 4.78 is 0. The lowest BCUT2D eigenvalue weighted by molar-refractivity contribution is 0.425. The first-order valence-electron chi connectivity index (χ1n) is 4.62. The molecule has 0 aliphatic carbocycles. The lowest BCUT2D eigenvalue weighted by Gasteiger charge is -2.02. The van der Waals surface area contributed by atoms with Gasteiger partial charge in [-0.15, -0.1) is 0 Å². The number of aryl methyl sites for hydroxylation is 1. The molecule has 0 aliphatic heterocycles. The zero-order valence-electron chi connectivity index (χ0n) is 8.55. The van der Waals surface area contributed by atoms with Crippen molar-refractivity contribution in [3.05, 3.63) is 24.4 Å². The third-order valence-electron chi connectivity index (χ3n) is 1.92. The molecule has 4 N–H and O–H groups in total. The van der Waals surface area contributed by atoms with Crippen molar-refractivity contribution in [1.82, 2.24) is 19.9 Å². The van der Waals surface area contributed by atoms with Crippen LogP contribution in [0.2, 0.25) is 0 Å². The number of nitrogens with one attached hydrogen (secondary N) is 2. The van der Waals surface area contributed by atoms with Crippen LogP contribution >= 0.6 is 0 Å². The fraction of sp³-hybridized carbons (Fsp3) is 0.125. The van der Waals surface area contributed by atoms with Crippen LogP contribution in [0.1, 0.15) is 5.82 Å². The standard InChI is InChI=1S/C8H10BN5O2/c1-5-10-4-7(13-5)14-8-11-2-6(3-12-8)9(15)16/h2-4,15-16H,1H3,(H,10,13)(H,11,12,14). The maximum absolute atomic E-state index is 8.85. The molecule has 0 aliphatic rings. The van der Waals surface area contributed by atoms with Crippen molar-refractivity contribution in [1.29, 1.82) is 0 Å². The lowest BCUT2D eigenvalue weighted by Crippen LogP contribution is -2.30. The zero-order valence-corrected chi connectivity index (χ0v) is 8.55. The fourth-order valence-corrected chi connectivity index (χ4v) is 1.14. The van der Waals surface area contributed by atoms with Gasteiger partial charge in [-0.2, -0.15) is 0 Å². The largest absolute Gasteiger partial charge is 0.491 e. The first-order chi connectivity index (χ1) is 7.65. The molecule has 0 saturated carbocycles. The second-order valence-corrected chi connectivity index (χ2v) is 3.22. The van der Waals surface area contributed by atoms with Gasteiger partial charge in [0.25, 0.3) is 0 Å². The maximum Gasteiger partial charge on any atom is 0.491 e. The van der Waals surface area contributed by atoms with Crippen LogP contribution in [0, 0.1) is 6.92 Å². The highest BCUT2D eigenvalue weighted by molar-refractivity contribution is 6.58. The van der Waals surface area contributed by atoms with Gasteiger partial charge in [-0.3, -0.25) is 0 Å². The molecule has 0 unspecified atom stereocenters. The van der Waals surface area contributed by atoms with Crippen molar-refractivity contribution in [2.24, 2.45) is 0 Å². The molecule has 8 heteroatoms. The van der Waals surface area contributed by atoms with Gasteiger partial charge < -0.3 is 20.3 Å². The number of hydrogen-bond donors (Lipinski definition) is 4. The summed E-state index contributed by atoms with van der Waals surface area (Å²) in [4.78, 5) is 14.8. The minimum Gasteiger partial charge on any atom is -0.423 e. The molecule has 2 rings (SSSR count). The van der Waals surface area contributed by atoms with Gasteiger partial charge in [0.05, 0.1) is 6.20 Å². The smallest absolute Gasteiger partial charge is 0.423 e. The van der Waals surface area contributed by atoms with Gasteiger partial charge in [0.2, 0.25) is 5.95 Å². The van der Waals surface area contributed by atoms with Crippen molar-refractivity contribution in [3.8, 4) is 0 Å². The van der Waals surface area contributed by atoms with Crippen LogP contribution in [0.15, 0.2) is 18.6 Å². The Labute approximate surface area is 91.8 Å². The van der Waals surface area contributed by atoms with Crippen LogP contribution < -0.4 is 10.8 Å². The molecular formula is C8H10BN5O2. The Hall–Kier alpha value is -1.93. The number of hydrogen-bond acceptors (Lipinski definition) is 6. The maximum atomic E-state index is 8.85. The van der Waals surface area contributed by atoms with Gasteiger partial charge >= 0.3 is 7.12 Å². The van der Waals surface area contributed by atoms with Crippen molar-refractivity contribution in [2.75, 3.05) is 5.32 Å². The zero-order chi connectivity index (χ0) is 11.5. The topological polar surface area (TPSA) is 107 Å². The van der Waals surface area contributed by atoms with E-state index in [0.717, 1.165) is 5.82 Å². The molecule has 2 heterocycles. The Balaban J connectivity index is 2.11. The summed E-state index contributed by atoms with van der Waals surface area (Å²) >= 11 is 0. The summed E-state index contributed by atoms with van der Waals surface area (Å²) in [5, 5.41) is 20.6. The van der Waals surface area contributed by atoms with E-state index in [1.807, 2.05) is 6.92 Å². The van der Waals surface area contributed by atoms with Crippen molar-refractivity contribution in [3.63, 3.8) is 0 Å². The minimum atomic E-state index is -1.55. The number of imidazole rings is 1. The molecule has 7 nitrogen and oxygen atoms in total. The molecule has 0 saturated heterocycles. The number of aromatic nitrogens is 4. The second kappa shape index (κ2) is 4.29. The Kier molecular flexibility index (Phi) is 2.84. The van der Waals surface area contributed by atoms with Crippen LogP contribution in [-0.4, -0.2) is 37.1 Å². The monoisotopic (exact) mass is 219 g/mol. The average molecular weight is 219 g/mol. The first-order valence-corrected chi connectivity index (χ1v) is 4.62. The molecule has 2 aromatic heterocycles. The molecule has 16 heavy (non-hydrogen) atoms. The molecule has 0 spiro atoms.